The Bertz CT molecular complexity index is 903. The maximum Gasteiger partial charge on any atom is 0.490 e. The molecule has 2 N–H and O–H groups in total. The number of carbonyl (C=O) groups is 3. The van der Waals surface area contributed by atoms with Gasteiger partial charge in [-0.25, -0.2) is 4.79 Å². The fraction of sp³-hybridized carbons (Fsp3) is 0.526. The van der Waals surface area contributed by atoms with Crippen molar-refractivity contribution < 1.29 is 46.9 Å². The van der Waals surface area contributed by atoms with Gasteiger partial charge in [0.15, 0.2) is 11.5 Å². The number of likely N-dealkylation sites (tertiary alicyclic amines) is 1. The van der Waals surface area contributed by atoms with Crippen LogP contribution in [0.25, 0.3) is 0 Å². The van der Waals surface area contributed by atoms with Crippen LogP contribution in [0.5, 0.6) is 11.5 Å². The molecule has 3 aliphatic rings. The molecule has 2 amide bonds. The van der Waals surface area contributed by atoms with E-state index in [9.17, 15) is 22.8 Å². The smallest absolute Gasteiger partial charge is 0.475 e. The van der Waals surface area contributed by atoms with Crippen molar-refractivity contribution in [2.75, 3.05) is 47.1 Å². The van der Waals surface area contributed by atoms with Crippen molar-refractivity contribution in [2.24, 2.45) is 0 Å². The fourth-order valence-corrected chi connectivity index (χ4v) is 3.63. The number of halogens is 3. The first-order valence-corrected chi connectivity index (χ1v) is 9.50. The molecule has 3 aliphatic heterocycles. The van der Waals surface area contributed by atoms with Crippen LogP contribution in [0.15, 0.2) is 18.2 Å². The van der Waals surface area contributed by atoms with E-state index in [0.29, 0.717) is 43.3 Å². The summed E-state index contributed by atoms with van der Waals surface area (Å²) in [5.74, 6) is -1.60. The Balaban J connectivity index is 0.000000360. The molecule has 4 rings (SSSR count). The Morgan fingerprint density at radius 2 is 1.78 bits per heavy atom. The number of carboxylic acid groups (broad SMARTS) is 1. The van der Waals surface area contributed by atoms with Crippen molar-refractivity contribution in [3.05, 3.63) is 23.8 Å². The lowest BCUT2D eigenvalue weighted by atomic mass is 9.90. The highest BCUT2D eigenvalue weighted by molar-refractivity contribution is 5.95. The molecule has 0 aliphatic carbocycles. The standard InChI is InChI=1S/C17H21N3O5.C2HF3O2/c1-18-15(21)12-6-25-17(7-19(12)2)8-20(9-17)16(22)11-3-4-13-14(5-11)24-10-23-13;3-2(4,5)1(6)7/h3-5,12H,6-10H2,1-2H3,(H,18,21);(H,6,7). The molecule has 0 bridgehead atoms. The average molecular weight is 461 g/mol. The predicted octanol–water partition coefficient (Wildman–Crippen LogP) is 0.320. The average Bonchev–Trinajstić information content (AvgIpc) is 3.18. The molecule has 2 fully saturated rings. The molecule has 1 aromatic rings. The Morgan fingerprint density at radius 1 is 1.16 bits per heavy atom. The summed E-state index contributed by atoms with van der Waals surface area (Å²) in [4.78, 5) is 37.1. The molecular weight excluding hydrogens is 439 g/mol. The second kappa shape index (κ2) is 8.82. The molecule has 1 spiro atoms. The SMILES string of the molecule is CNC(=O)C1COC2(CN(C(=O)c3ccc4c(c3)OCO4)C2)CN1C.O=C(O)C(F)(F)F. The maximum atomic E-state index is 12.6. The Morgan fingerprint density at radius 3 is 2.34 bits per heavy atom. The largest absolute Gasteiger partial charge is 0.490 e. The van der Waals surface area contributed by atoms with E-state index >= 15 is 0 Å². The van der Waals surface area contributed by atoms with Gasteiger partial charge in [0.05, 0.1) is 19.7 Å². The lowest BCUT2D eigenvalue weighted by Gasteiger charge is -2.54. The third-order valence-electron chi connectivity index (χ3n) is 5.27. The van der Waals surface area contributed by atoms with Crippen LogP contribution < -0.4 is 14.8 Å². The Kier molecular flexibility index (Phi) is 6.51. The fourth-order valence-electron chi connectivity index (χ4n) is 3.63. The second-order valence-electron chi connectivity index (χ2n) is 7.57. The van der Waals surface area contributed by atoms with Crippen LogP contribution in [0, 0.1) is 0 Å². The quantitative estimate of drug-likeness (QED) is 0.647. The van der Waals surface area contributed by atoms with Gasteiger partial charge in [0.2, 0.25) is 12.7 Å². The van der Waals surface area contributed by atoms with E-state index in [1.54, 1.807) is 30.1 Å². The zero-order valence-electron chi connectivity index (χ0n) is 17.3. The topological polar surface area (TPSA) is 118 Å². The molecule has 176 valence electrons. The summed E-state index contributed by atoms with van der Waals surface area (Å²) >= 11 is 0. The molecule has 0 aromatic heterocycles. The van der Waals surface area contributed by atoms with E-state index < -0.39 is 12.1 Å². The Labute approximate surface area is 180 Å². The van der Waals surface area contributed by atoms with Crippen LogP contribution in [-0.4, -0.2) is 97.6 Å². The number of nitrogens with one attached hydrogen (secondary N) is 1. The van der Waals surface area contributed by atoms with Gasteiger partial charge in [-0.1, -0.05) is 0 Å². The number of carbonyl (C=O) groups excluding carboxylic acids is 2. The molecule has 2 saturated heterocycles. The highest BCUT2D eigenvalue weighted by Crippen LogP contribution is 2.35. The number of fused-ring (bicyclic) bond motifs is 1. The first-order valence-electron chi connectivity index (χ1n) is 9.50. The first-order chi connectivity index (χ1) is 15.0. The van der Waals surface area contributed by atoms with Gasteiger partial charge in [-0.05, 0) is 25.2 Å². The summed E-state index contributed by atoms with van der Waals surface area (Å²) in [5.41, 5.74) is 0.192. The van der Waals surface area contributed by atoms with Gasteiger partial charge in [-0.15, -0.1) is 0 Å². The number of aliphatic carboxylic acids is 1. The van der Waals surface area contributed by atoms with Crippen molar-refractivity contribution in [2.45, 2.75) is 17.8 Å². The summed E-state index contributed by atoms with van der Waals surface area (Å²) < 4.78 is 48.3. The number of hydrogen-bond acceptors (Lipinski definition) is 7. The van der Waals surface area contributed by atoms with Gasteiger partial charge >= 0.3 is 12.1 Å². The minimum Gasteiger partial charge on any atom is -0.475 e. The van der Waals surface area contributed by atoms with E-state index in [4.69, 9.17) is 24.1 Å². The lowest BCUT2D eigenvalue weighted by molar-refractivity contribution is -0.192. The van der Waals surface area contributed by atoms with E-state index in [0.717, 1.165) is 0 Å². The summed E-state index contributed by atoms with van der Waals surface area (Å²) in [6, 6.07) is 4.93. The molecule has 32 heavy (non-hydrogen) atoms. The van der Waals surface area contributed by atoms with E-state index in [-0.39, 0.29) is 30.3 Å². The molecule has 0 radical (unpaired) electrons. The van der Waals surface area contributed by atoms with Crippen molar-refractivity contribution in [1.82, 2.24) is 15.1 Å². The van der Waals surface area contributed by atoms with Crippen molar-refractivity contribution in [3.8, 4) is 11.5 Å². The zero-order chi connectivity index (χ0) is 23.7. The summed E-state index contributed by atoms with van der Waals surface area (Å²) in [6.07, 6.45) is -5.08. The number of nitrogens with zero attached hydrogens (tertiary/aromatic N) is 2. The third kappa shape index (κ3) is 4.88. The molecular formula is C19H22F3N3O7. The minimum absolute atomic E-state index is 0.0510. The van der Waals surface area contributed by atoms with Crippen molar-refractivity contribution >= 4 is 17.8 Å². The molecule has 1 unspecified atom stereocenters. The monoisotopic (exact) mass is 461 g/mol. The number of rotatable bonds is 2. The number of amides is 2. The zero-order valence-corrected chi connectivity index (χ0v) is 17.3. The molecule has 10 nitrogen and oxygen atoms in total. The number of hydrogen-bond donors (Lipinski definition) is 2. The van der Waals surface area contributed by atoms with Gasteiger partial charge in [-0.3, -0.25) is 14.5 Å². The molecule has 3 heterocycles. The van der Waals surface area contributed by atoms with Gasteiger partial charge < -0.3 is 29.5 Å². The number of benzene rings is 1. The number of carboxylic acids is 1. The highest BCUT2D eigenvalue weighted by Gasteiger charge is 2.51. The summed E-state index contributed by atoms with van der Waals surface area (Å²) in [6.45, 7) is 2.18. The number of ether oxygens (including phenoxy) is 3. The summed E-state index contributed by atoms with van der Waals surface area (Å²) in [5, 5.41) is 9.78. The Hall–Kier alpha value is -3.06. The van der Waals surface area contributed by atoms with E-state index in [1.165, 1.54) is 0 Å². The third-order valence-corrected chi connectivity index (χ3v) is 5.27. The van der Waals surface area contributed by atoms with Crippen LogP contribution in [0.3, 0.4) is 0 Å². The van der Waals surface area contributed by atoms with Crippen LogP contribution in [0.2, 0.25) is 0 Å². The van der Waals surface area contributed by atoms with Crippen LogP contribution in [-0.2, 0) is 14.3 Å². The van der Waals surface area contributed by atoms with Crippen molar-refractivity contribution in [1.29, 1.82) is 0 Å². The number of likely N-dealkylation sites (N-methyl/N-ethyl adjacent to an activating group) is 2. The molecule has 1 atom stereocenters. The second-order valence-corrected chi connectivity index (χ2v) is 7.57. The molecule has 1 aromatic carbocycles. The number of morpholine rings is 1. The van der Waals surface area contributed by atoms with Crippen molar-refractivity contribution in [3.63, 3.8) is 0 Å². The van der Waals surface area contributed by atoms with Gasteiger partial charge in [0.25, 0.3) is 5.91 Å². The predicted molar refractivity (Wildman–Crippen MR) is 101 cm³/mol. The lowest BCUT2D eigenvalue weighted by Crippen LogP contribution is -2.73. The molecule has 13 heteroatoms. The normalized spacial score (nSPS) is 21.3. The highest BCUT2D eigenvalue weighted by atomic mass is 19.4. The van der Waals surface area contributed by atoms with E-state index in [1.807, 2.05) is 11.9 Å². The van der Waals surface area contributed by atoms with Gasteiger partial charge in [0.1, 0.15) is 11.6 Å². The maximum absolute atomic E-state index is 12.6. The number of alkyl halides is 3. The summed E-state index contributed by atoms with van der Waals surface area (Å²) in [7, 11) is 3.53. The van der Waals surface area contributed by atoms with Gasteiger partial charge in [-0.2, -0.15) is 13.2 Å². The minimum atomic E-state index is -5.08. The van der Waals surface area contributed by atoms with Crippen LogP contribution in [0.1, 0.15) is 10.4 Å². The first kappa shape index (κ1) is 23.6. The van der Waals surface area contributed by atoms with Crippen LogP contribution >= 0.6 is 0 Å². The van der Waals surface area contributed by atoms with Gasteiger partial charge in [0, 0.05) is 19.2 Å². The molecule has 0 saturated carbocycles. The van der Waals surface area contributed by atoms with Crippen LogP contribution in [0.4, 0.5) is 13.2 Å². The van der Waals surface area contributed by atoms with E-state index in [2.05, 4.69) is 5.32 Å².